The van der Waals surface area contributed by atoms with Gasteiger partial charge in [0, 0.05) is 13.1 Å². The zero-order chi connectivity index (χ0) is 22.6. The molecule has 1 N–H and O–H groups in total. The number of nitro groups is 1. The average molecular weight is 439 g/mol. The van der Waals surface area contributed by atoms with Crippen LogP contribution in [0.1, 0.15) is 25.3 Å². The first-order valence-corrected chi connectivity index (χ1v) is 9.56. The van der Waals surface area contributed by atoms with Crippen LogP contribution in [0.5, 0.6) is 0 Å². The molecule has 9 nitrogen and oxygen atoms in total. The summed E-state index contributed by atoms with van der Waals surface area (Å²) in [4.78, 5) is 32.4. The number of aromatic nitrogens is 2. The molecule has 0 radical (unpaired) electrons. The van der Waals surface area contributed by atoms with E-state index in [0.717, 1.165) is 12.4 Å². The number of hydrogen-bond donors (Lipinski definition) is 1. The maximum absolute atomic E-state index is 13.3. The summed E-state index contributed by atoms with van der Waals surface area (Å²) in [6.45, 7) is 2.59. The molecule has 0 spiro atoms. The number of anilines is 3. The van der Waals surface area contributed by atoms with E-state index >= 15 is 0 Å². The van der Waals surface area contributed by atoms with Gasteiger partial charge in [0.25, 0.3) is 0 Å². The Hall–Kier alpha value is -3.44. The molecule has 1 aliphatic heterocycles. The number of carbonyl (C=O) groups is 1. The zero-order valence-corrected chi connectivity index (χ0v) is 16.6. The molecule has 2 heterocycles. The number of rotatable bonds is 6. The third-order valence-corrected chi connectivity index (χ3v) is 4.89. The van der Waals surface area contributed by atoms with Crippen LogP contribution in [-0.2, 0) is 15.7 Å². The smallest absolute Gasteiger partial charge is 0.418 e. The monoisotopic (exact) mass is 439 g/mol. The quantitative estimate of drug-likeness (QED) is 0.410. The minimum absolute atomic E-state index is 0.0192. The van der Waals surface area contributed by atoms with E-state index in [9.17, 15) is 28.1 Å². The lowest BCUT2D eigenvalue weighted by Crippen LogP contribution is -2.37. The summed E-state index contributed by atoms with van der Waals surface area (Å²) in [5.41, 5.74) is -1.86. The summed E-state index contributed by atoms with van der Waals surface area (Å²) in [6.07, 6.45) is -2.76. The van der Waals surface area contributed by atoms with Crippen molar-refractivity contribution in [1.29, 1.82) is 0 Å². The highest BCUT2D eigenvalue weighted by Crippen LogP contribution is 2.39. The highest BCUT2D eigenvalue weighted by molar-refractivity contribution is 5.76. The molecule has 31 heavy (non-hydrogen) atoms. The molecule has 0 atom stereocenters. The molecular weight excluding hydrogens is 419 g/mol. The normalized spacial score (nSPS) is 14.9. The molecule has 0 amide bonds. The van der Waals surface area contributed by atoms with Crippen LogP contribution in [0, 0.1) is 16.0 Å². The maximum Gasteiger partial charge on any atom is 0.418 e. The van der Waals surface area contributed by atoms with E-state index in [-0.39, 0.29) is 35.8 Å². The van der Waals surface area contributed by atoms with Crippen LogP contribution in [0.2, 0.25) is 0 Å². The van der Waals surface area contributed by atoms with Crippen LogP contribution in [0.15, 0.2) is 30.6 Å². The molecule has 2 aromatic rings. The summed E-state index contributed by atoms with van der Waals surface area (Å²) in [5, 5.41) is 14.2. The predicted octanol–water partition coefficient (Wildman–Crippen LogP) is 3.93. The minimum Gasteiger partial charge on any atom is -0.466 e. The lowest BCUT2D eigenvalue weighted by atomic mass is 9.97. The lowest BCUT2D eigenvalue weighted by molar-refractivity contribution is -0.383. The van der Waals surface area contributed by atoms with Gasteiger partial charge in [-0.25, -0.2) is 9.97 Å². The van der Waals surface area contributed by atoms with E-state index in [4.69, 9.17) is 4.74 Å². The van der Waals surface area contributed by atoms with Crippen LogP contribution >= 0.6 is 0 Å². The molecular formula is C19H20F3N5O4. The Morgan fingerprint density at radius 2 is 1.97 bits per heavy atom. The fourth-order valence-corrected chi connectivity index (χ4v) is 3.41. The van der Waals surface area contributed by atoms with Crippen molar-refractivity contribution in [2.75, 3.05) is 29.9 Å². The molecule has 1 aliphatic rings. The van der Waals surface area contributed by atoms with Crippen molar-refractivity contribution in [3.05, 3.63) is 46.3 Å². The van der Waals surface area contributed by atoms with Crippen LogP contribution in [-0.4, -0.2) is 40.6 Å². The van der Waals surface area contributed by atoms with Crippen molar-refractivity contribution in [3.63, 3.8) is 0 Å². The molecule has 0 saturated carbocycles. The van der Waals surface area contributed by atoms with Crippen molar-refractivity contribution >= 4 is 29.0 Å². The Bertz CT molecular complexity index is 962. The Morgan fingerprint density at radius 1 is 1.29 bits per heavy atom. The van der Waals surface area contributed by atoms with Gasteiger partial charge < -0.3 is 15.0 Å². The fourth-order valence-electron chi connectivity index (χ4n) is 3.41. The second-order valence-corrected chi connectivity index (χ2v) is 6.83. The highest BCUT2D eigenvalue weighted by atomic mass is 19.4. The van der Waals surface area contributed by atoms with Gasteiger partial charge in [-0.3, -0.25) is 14.9 Å². The van der Waals surface area contributed by atoms with E-state index in [1.165, 1.54) is 18.2 Å². The average Bonchev–Trinajstić information content (AvgIpc) is 2.73. The molecule has 1 saturated heterocycles. The molecule has 166 valence electrons. The number of carbonyl (C=O) groups excluding carboxylic acids is 1. The fraction of sp³-hybridized carbons (Fsp3) is 0.421. The second-order valence-electron chi connectivity index (χ2n) is 6.83. The predicted molar refractivity (Wildman–Crippen MR) is 105 cm³/mol. The molecule has 0 bridgehead atoms. The van der Waals surface area contributed by atoms with Gasteiger partial charge in [-0.15, -0.1) is 0 Å². The summed E-state index contributed by atoms with van der Waals surface area (Å²) in [6, 6.07) is 4.64. The topological polar surface area (TPSA) is 110 Å². The molecule has 0 unspecified atom stereocenters. The maximum atomic E-state index is 13.3. The number of piperidine rings is 1. The summed E-state index contributed by atoms with van der Waals surface area (Å²) >= 11 is 0. The first-order valence-electron chi connectivity index (χ1n) is 9.56. The number of para-hydroxylation sites is 1. The van der Waals surface area contributed by atoms with E-state index in [1.807, 2.05) is 0 Å². The summed E-state index contributed by atoms with van der Waals surface area (Å²) < 4.78 is 44.9. The Labute approximate surface area is 175 Å². The highest BCUT2D eigenvalue weighted by Gasteiger charge is 2.35. The number of esters is 1. The third kappa shape index (κ3) is 5.01. The Kier molecular flexibility index (Phi) is 6.56. The number of ether oxygens (including phenoxy) is 1. The largest absolute Gasteiger partial charge is 0.466 e. The molecule has 1 fully saturated rings. The van der Waals surface area contributed by atoms with E-state index in [1.54, 1.807) is 11.8 Å². The lowest BCUT2D eigenvalue weighted by Gasteiger charge is -2.31. The number of nitrogens with zero attached hydrogens (tertiary/aromatic N) is 4. The van der Waals surface area contributed by atoms with Crippen molar-refractivity contribution in [2.24, 2.45) is 5.92 Å². The van der Waals surface area contributed by atoms with Gasteiger partial charge in [-0.1, -0.05) is 12.1 Å². The number of alkyl halides is 3. The first kappa shape index (κ1) is 22.2. The number of benzene rings is 1. The zero-order valence-electron chi connectivity index (χ0n) is 16.6. The second kappa shape index (κ2) is 9.14. The molecule has 0 aliphatic carbocycles. The van der Waals surface area contributed by atoms with Crippen LogP contribution < -0.4 is 10.2 Å². The van der Waals surface area contributed by atoms with Crippen LogP contribution in [0.3, 0.4) is 0 Å². The van der Waals surface area contributed by atoms with Crippen molar-refractivity contribution in [2.45, 2.75) is 25.9 Å². The van der Waals surface area contributed by atoms with Gasteiger partial charge in [0.1, 0.15) is 6.33 Å². The van der Waals surface area contributed by atoms with Gasteiger partial charge in [0.15, 0.2) is 0 Å². The van der Waals surface area contributed by atoms with Crippen molar-refractivity contribution < 1.29 is 27.6 Å². The molecule has 1 aromatic heterocycles. The van der Waals surface area contributed by atoms with Gasteiger partial charge in [0.05, 0.1) is 28.7 Å². The van der Waals surface area contributed by atoms with Crippen LogP contribution in [0.25, 0.3) is 0 Å². The molecule has 1 aromatic carbocycles. The number of nitrogens with one attached hydrogen (secondary N) is 1. The van der Waals surface area contributed by atoms with E-state index in [2.05, 4.69) is 15.3 Å². The Morgan fingerprint density at radius 3 is 2.58 bits per heavy atom. The van der Waals surface area contributed by atoms with Gasteiger partial charge in [-0.2, -0.15) is 13.2 Å². The first-order chi connectivity index (χ1) is 14.7. The van der Waals surface area contributed by atoms with Crippen molar-refractivity contribution in [1.82, 2.24) is 9.97 Å². The summed E-state index contributed by atoms with van der Waals surface area (Å²) in [5.74, 6) is -0.993. The van der Waals surface area contributed by atoms with Crippen LogP contribution in [0.4, 0.5) is 36.2 Å². The SMILES string of the molecule is CCOC(=O)C1CCN(c2ncnc(Nc3ccccc3C(F)(F)F)c2[N+](=O)[O-])CC1. The summed E-state index contributed by atoms with van der Waals surface area (Å²) in [7, 11) is 0. The standard InChI is InChI=1S/C19H20F3N5O4/c1-2-31-18(28)12-7-9-26(10-8-12)17-15(27(29)30)16(23-11-24-17)25-14-6-4-3-5-13(14)19(20,21)22/h3-6,11-12H,2,7-10H2,1H3,(H,23,24,25). The number of halogens is 3. The Balaban J connectivity index is 1.89. The van der Waals surface area contributed by atoms with Gasteiger partial charge >= 0.3 is 17.8 Å². The van der Waals surface area contributed by atoms with E-state index in [0.29, 0.717) is 25.9 Å². The van der Waals surface area contributed by atoms with Crippen molar-refractivity contribution in [3.8, 4) is 0 Å². The van der Waals surface area contributed by atoms with E-state index < -0.39 is 22.4 Å². The molecule has 3 rings (SSSR count). The minimum atomic E-state index is -4.65. The third-order valence-electron chi connectivity index (χ3n) is 4.89. The molecule has 12 heteroatoms. The van der Waals surface area contributed by atoms with Gasteiger partial charge in [-0.05, 0) is 31.9 Å². The number of hydrogen-bond acceptors (Lipinski definition) is 8. The van der Waals surface area contributed by atoms with Gasteiger partial charge in [0.2, 0.25) is 11.6 Å².